The van der Waals surface area contributed by atoms with Crippen LogP contribution in [0.4, 0.5) is 0 Å². The van der Waals surface area contributed by atoms with E-state index in [9.17, 15) is 0 Å². The van der Waals surface area contributed by atoms with Gasteiger partial charge in [-0.2, -0.15) is 0 Å². The van der Waals surface area contributed by atoms with Crippen LogP contribution in [0.3, 0.4) is 0 Å². The molecule has 1 fully saturated rings. The van der Waals surface area contributed by atoms with Gasteiger partial charge in [-0.25, -0.2) is 5.01 Å². The first kappa shape index (κ1) is 7.98. The predicted molar refractivity (Wildman–Crippen MR) is 42.4 cm³/mol. The second-order valence-electron chi connectivity index (χ2n) is 4.05. The molecule has 1 aliphatic rings. The highest BCUT2D eigenvalue weighted by Gasteiger charge is 2.26. The monoisotopic (exact) mass is 143 g/mol. The molecule has 0 saturated carbocycles. The molecule has 1 saturated heterocycles. The molecule has 0 atom stereocenters. The third-order valence-electron chi connectivity index (χ3n) is 1.55. The fourth-order valence-corrected chi connectivity index (χ4v) is 1.22. The molecule has 0 unspecified atom stereocenters. The molecule has 0 spiro atoms. The van der Waals surface area contributed by atoms with Crippen LogP contribution in [0, 0.1) is 0 Å². The summed E-state index contributed by atoms with van der Waals surface area (Å²) in [6.07, 6.45) is 0. The Balaban J connectivity index is 2.16. The molecule has 0 aliphatic carbocycles. The van der Waals surface area contributed by atoms with Crippen molar-refractivity contribution < 1.29 is 0 Å². The van der Waals surface area contributed by atoms with E-state index in [1.165, 1.54) is 0 Å². The molecule has 0 aromatic rings. The van der Waals surface area contributed by atoms with Gasteiger partial charge in [-0.05, 0) is 20.8 Å². The Kier molecular flexibility index (Phi) is 1.99. The predicted octanol–water partition coefficient (Wildman–Crippen LogP) is -0.0676. The number of hydrogen-bond donors (Lipinski definition) is 2. The molecule has 1 aliphatic heterocycles. The Bertz CT molecular complexity index is 111. The van der Waals surface area contributed by atoms with Gasteiger partial charge in [-0.15, -0.1) is 0 Å². The molecule has 0 aromatic carbocycles. The van der Waals surface area contributed by atoms with Gasteiger partial charge in [0.15, 0.2) is 0 Å². The lowest BCUT2D eigenvalue weighted by Gasteiger charge is -2.40. The molecule has 3 heteroatoms. The summed E-state index contributed by atoms with van der Waals surface area (Å²) in [7, 11) is 0. The molecular weight excluding hydrogens is 126 g/mol. The molecule has 10 heavy (non-hydrogen) atoms. The van der Waals surface area contributed by atoms with E-state index in [0.717, 1.165) is 13.1 Å². The largest absolute Gasteiger partial charge is 0.307 e. The van der Waals surface area contributed by atoms with Gasteiger partial charge in [0, 0.05) is 24.7 Å². The second-order valence-corrected chi connectivity index (χ2v) is 4.05. The van der Waals surface area contributed by atoms with E-state index < -0.39 is 0 Å². The summed E-state index contributed by atoms with van der Waals surface area (Å²) in [4.78, 5) is 0. The summed E-state index contributed by atoms with van der Waals surface area (Å²) in [5, 5.41) is 5.29. The van der Waals surface area contributed by atoms with E-state index in [4.69, 9.17) is 5.84 Å². The van der Waals surface area contributed by atoms with Crippen molar-refractivity contribution in [2.75, 3.05) is 13.1 Å². The molecule has 0 amide bonds. The highest BCUT2D eigenvalue weighted by Crippen LogP contribution is 2.07. The number of nitrogens with zero attached hydrogens (tertiary/aromatic N) is 1. The third-order valence-corrected chi connectivity index (χ3v) is 1.55. The third kappa shape index (κ3) is 2.25. The molecular formula is C7H17N3. The van der Waals surface area contributed by atoms with Crippen LogP contribution in [-0.4, -0.2) is 29.7 Å². The minimum atomic E-state index is 0.228. The van der Waals surface area contributed by atoms with Crippen LogP contribution in [0.15, 0.2) is 0 Å². The summed E-state index contributed by atoms with van der Waals surface area (Å²) >= 11 is 0. The first-order chi connectivity index (χ1) is 4.47. The molecule has 1 heterocycles. The van der Waals surface area contributed by atoms with Crippen molar-refractivity contribution >= 4 is 0 Å². The molecule has 0 radical (unpaired) electrons. The zero-order chi connectivity index (χ0) is 7.78. The number of rotatable bonds is 1. The Hall–Kier alpha value is -0.120. The summed E-state index contributed by atoms with van der Waals surface area (Å²) in [5.74, 6) is 5.48. The van der Waals surface area contributed by atoms with E-state index in [-0.39, 0.29) is 5.54 Å². The van der Waals surface area contributed by atoms with E-state index in [1.807, 2.05) is 5.01 Å². The number of hydrazine groups is 1. The summed E-state index contributed by atoms with van der Waals surface area (Å²) in [6.45, 7) is 8.49. The van der Waals surface area contributed by atoms with Crippen LogP contribution in [-0.2, 0) is 0 Å². The average Bonchev–Trinajstić information content (AvgIpc) is 1.57. The highest BCUT2D eigenvalue weighted by atomic mass is 15.5. The molecule has 3 nitrogen and oxygen atoms in total. The summed E-state index contributed by atoms with van der Waals surface area (Å²) in [6, 6.07) is 0.602. The fourth-order valence-electron chi connectivity index (χ4n) is 1.22. The van der Waals surface area contributed by atoms with Crippen LogP contribution in [0.5, 0.6) is 0 Å². The van der Waals surface area contributed by atoms with Gasteiger partial charge >= 0.3 is 0 Å². The van der Waals surface area contributed by atoms with Gasteiger partial charge in [0.25, 0.3) is 0 Å². The van der Waals surface area contributed by atoms with Crippen molar-refractivity contribution in [1.82, 2.24) is 10.3 Å². The van der Waals surface area contributed by atoms with E-state index in [0.29, 0.717) is 6.04 Å². The molecule has 0 bridgehead atoms. The molecule has 0 aromatic heterocycles. The van der Waals surface area contributed by atoms with E-state index >= 15 is 0 Å². The van der Waals surface area contributed by atoms with Crippen molar-refractivity contribution in [3.63, 3.8) is 0 Å². The summed E-state index contributed by atoms with van der Waals surface area (Å²) < 4.78 is 0. The first-order valence-corrected chi connectivity index (χ1v) is 3.75. The molecule has 60 valence electrons. The van der Waals surface area contributed by atoms with Gasteiger partial charge in [-0.3, -0.25) is 5.84 Å². The number of nitrogens with one attached hydrogen (secondary N) is 1. The first-order valence-electron chi connectivity index (χ1n) is 3.75. The van der Waals surface area contributed by atoms with Crippen molar-refractivity contribution in [3.8, 4) is 0 Å². The van der Waals surface area contributed by atoms with Crippen LogP contribution in [0.1, 0.15) is 20.8 Å². The number of nitrogens with two attached hydrogens (primary N) is 1. The fraction of sp³-hybridized carbons (Fsp3) is 1.00. The summed E-state index contributed by atoms with van der Waals surface area (Å²) in [5.41, 5.74) is 0.228. The van der Waals surface area contributed by atoms with Crippen LogP contribution < -0.4 is 11.2 Å². The standard InChI is InChI=1S/C7H17N3/c1-7(2,3)9-6-4-10(8)5-6/h6,9H,4-5,8H2,1-3H3. The lowest BCUT2D eigenvalue weighted by atomic mass is 10.0. The van der Waals surface area contributed by atoms with Crippen molar-refractivity contribution in [2.24, 2.45) is 5.84 Å². The van der Waals surface area contributed by atoms with Crippen molar-refractivity contribution in [2.45, 2.75) is 32.4 Å². The Labute approximate surface area is 62.5 Å². The maximum atomic E-state index is 5.48. The lowest BCUT2D eigenvalue weighted by Crippen LogP contribution is -2.64. The smallest absolute Gasteiger partial charge is 0.0355 e. The normalized spacial score (nSPS) is 22.8. The quantitative estimate of drug-likeness (QED) is 0.505. The minimum absolute atomic E-state index is 0.228. The lowest BCUT2D eigenvalue weighted by molar-refractivity contribution is 0.109. The van der Waals surface area contributed by atoms with E-state index in [1.54, 1.807) is 0 Å². The van der Waals surface area contributed by atoms with Gasteiger partial charge in [0.05, 0.1) is 0 Å². The van der Waals surface area contributed by atoms with Crippen molar-refractivity contribution in [3.05, 3.63) is 0 Å². The van der Waals surface area contributed by atoms with Gasteiger partial charge in [0.1, 0.15) is 0 Å². The van der Waals surface area contributed by atoms with Gasteiger partial charge in [0.2, 0.25) is 0 Å². The second kappa shape index (κ2) is 2.49. The molecule has 1 rings (SSSR count). The zero-order valence-corrected chi connectivity index (χ0v) is 7.02. The van der Waals surface area contributed by atoms with Gasteiger partial charge < -0.3 is 5.32 Å². The number of hydrogen-bond acceptors (Lipinski definition) is 3. The van der Waals surface area contributed by atoms with Crippen LogP contribution in [0.2, 0.25) is 0 Å². The maximum absolute atomic E-state index is 5.48. The highest BCUT2D eigenvalue weighted by molar-refractivity contribution is 4.87. The van der Waals surface area contributed by atoms with Crippen molar-refractivity contribution in [1.29, 1.82) is 0 Å². The van der Waals surface area contributed by atoms with E-state index in [2.05, 4.69) is 26.1 Å². The van der Waals surface area contributed by atoms with Crippen LogP contribution in [0.25, 0.3) is 0 Å². The Morgan fingerprint density at radius 2 is 1.90 bits per heavy atom. The SMILES string of the molecule is CC(C)(C)NC1CN(N)C1. The average molecular weight is 143 g/mol. The van der Waals surface area contributed by atoms with Gasteiger partial charge in [-0.1, -0.05) is 0 Å². The molecule has 3 N–H and O–H groups in total. The minimum Gasteiger partial charge on any atom is -0.307 e. The van der Waals surface area contributed by atoms with Crippen LogP contribution >= 0.6 is 0 Å². The Morgan fingerprint density at radius 1 is 1.40 bits per heavy atom. The maximum Gasteiger partial charge on any atom is 0.0355 e. The Morgan fingerprint density at radius 3 is 2.20 bits per heavy atom. The topological polar surface area (TPSA) is 41.3 Å². The zero-order valence-electron chi connectivity index (χ0n) is 7.02.